The van der Waals surface area contributed by atoms with E-state index >= 15 is 0 Å². The molecule has 0 saturated carbocycles. The maximum absolute atomic E-state index is 12.2. The van der Waals surface area contributed by atoms with Crippen molar-refractivity contribution in [3.05, 3.63) is 29.3 Å². The third-order valence-electron chi connectivity index (χ3n) is 2.87. The van der Waals surface area contributed by atoms with E-state index in [1.54, 1.807) is 19.9 Å². The standard InChI is InChI=1S/C15H22NO5P/c1-5-20-22(19,21-6-2)10-14(17)15(18)16-13-8-7-11(3)9-12(13)4/h7-9H,5-6,10H2,1-4H3,(H,16,18). The second kappa shape index (κ2) is 8.22. The number of benzene rings is 1. The van der Waals surface area contributed by atoms with Crippen LogP contribution in [0.5, 0.6) is 0 Å². The van der Waals surface area contributed by atoms with Crippen molar-refractivity contribution >= 4 is 25.0 Å². The van der Waals surface area contributed by atoms with Crippen LogP contribution in [0.15, 0.2) is 18.2 Å². The summed E-state index contributed by atoms with van der Waals surface area (Å²) in [4.78, 5) is 23.9. The molecule has 0 atom stereocenters. The number of anilines is 1. The Bertz CT molecular complexity index is 590. The summed E-state index contributed by atoms with van der Waals surface area (Å²) in [6.45, 7) is 7.34. The Kier molecular flexibility index (Phi) is 6.94. The van der Waals surface area contributed by atoms with Gasteiger partial charge in [0.2, 0.25) is 5.78 Å². The zero-order valence-corrected chi connectivity index (χ0v) is 14.2. The van der Waals surface area contributed by atoms with Gasteiger partial charge in [0, 0.05) is 5.69 Å². The minimum Gasteiger partial charge on any atom is -0.319 e. The van der Waals surface area contributed by atoms with Gasteiger partial charge >= 0.3 is 7.60 Å². The van der Waals surface area contributed by atoms with Gasteiger partial charge in [0.1, 0.15) is 6.16 Å². The molecule has 0 spiro atoms. The van der Waals surface area contributed by atoms with E-state index in [2.05, 4.69) is 5.32 Å². The molecule has 0 radical (unpaired) electrons. The fraction of sp³-hybridized carbons (Fsp3) is 0.467. The minimum absolute atomic E-state index is 0.142. The highest BCUT2D eigenvalue weighted by Crippen LogP contribution is 2.47. The largest absolute Gasteiger partial charge is 0.338 e. The summed E-state index contributed by atoms with van der Waals surface area (Å²) in [6, 6.07) is 5.45. The van der Waals surface area contributed by atoms with Gasteiger partial charge in [-0.25, -0.2) is 0 Å². The van der Waals surface area contributed by atoms with Gasteiger partial charge < -0.3 is 14.4 Å². The van der Waals surface area contributed by atoms with Gasteiger partial charge in [0.25, 0.3) is 5.91 Å². The lowest BCUT2D eigenvalue weighted by Gasteiger charge is -2.16. The number of hydrogen-bond donors (Lipinski definition) is 1. The maximum atomic E-state index is 12.2. The van der Waals surface area contributed by atoms with Crippen molar-refractivity contribution < 1.29 is 23.2 Å². The van der Waals surface area contributed by atoms with Crippen molar-refractivity contribution in [2.75, 3.05) is 24.7 Å². The molecule has 1 aromatic rings. The van der Waals surface area contributed by atoms with E-state index in [0.29, 0.717) is 5.69 Å². The fourth-order valence-electron chi connectivity index (χ4n) is 1.92. The molecule has 6 nitrogen and oxygen atoms in total. The maximum Gasteiger partial charge on any atom is 0.338 e. The number of amides is 1. The second-order valence-electron chi connectivity index (χ2n) is 4.80. The minimum atomic E-state index is -3.56. The quantitative estimate of drug-likeness (QED) is 0.586. The first-order valence-corrected chi connectivity index (χ1v) is 8.83. The van der Waals surface area contributed by atoms with Gasteiger partial charge in [0.05, 0.1) is 13.2 Å². The van der Waals surface area contributed by atoms with E-state index in [0.717, 1.165) is 11.1 Å². The highest BCUT2D eigenvalue weighted by Gasteiger charge is 2.31. The zero-order valence-electron chi connectivity index (χ0n) is 13.3. The number of rotatable bonds is 8. The molecule has 0 heterocycles. The molecule has 0 fully saturated rings. The van der Waals surface area contributed by atoms with E-state index in [1.807, 2.05) is 26.0 Å². The molecule has 0 saturated heterocycles. The van der Waals surface area contributed by atoms with Gasteiger partial charge in [0.15, 0.2) is 0 Å². The molecule has 22 heavy (non-hydrogen) atoms. The SMILES string of the molecule is CCOP(=O)(CC(=O)C(=O)Nc1ccc(C)cc1C)OCC. The lowest BCUT2D eigenvalue weighted by molar-refractivity contribution is -0.133. The Hall–Kier alpha value is -1.49. The molecule has 122 valence electrons. The number of hydrogen-bond acceptors (Lipinski definition) is 5. The summed E-state index contributed by atoms with van der Waals surface area (Å²) < 4.78 is 22.3. The number of nitrogens with one attached hydrogen (secondary N) is 1. The van der Waals surface area contributed by atoms with Crippen molar-refractivity contribution in [1.29, 1.82) is 0 Å². The summed E-state index contributed by atoms with van der Waals surface area (Å²) in [5, 5.41) is 2.52. The summed E-state index contributed by atoms with van der Waals surface area (Å²) in [5.74, 6) is -1.66. The summed E-state index contributed by atoms with van der Waals surface area (Å²) >= 11 is 0. The van der Waals surface area contributed by atoms with Crippen LogP contribution in [0, 0.1) is 13.8 Å². The zero-order chi connectivity index (χ0) is 16.8. The molecule has 1 amide bonds. The molecule has 0 aliphatic heterocycles. The lowest BCUT2D eigenvalue weighted by atomic mass is 10.1. The monoisotopic (exact) mass is 327 g/mol. The molecule has 0 aromatic heterocycles. The number of ketones is 1. The summed E-state index contributed by atoms with van der Waals surface area (Å²) in [6.07, 6.45) is -0.564. The smallest absolute Gasteiger partial charge is 0.319 e. The van der Waals surface area contributed by atoms with Crippen molar-refractivity contribution in [2.24, 2.45) is 0 Å². The molecule has 1 aromatic carbocycles. The van der Waals surface area contributed by atoms with Crippen molar-refractivity contribution in [3.63, 3.8) is 0 Å². The molecular formula is C15H22NO5P. The van der Waals surface area contributed by atoms with Gasteiger partial charge in [-0.2, -0.15) is 0 Å². The van der Waals surface area contributed by atoms with Crippen LogP contribution in [0.25, 0.3) is 0 Å². The molecule has 0 aliphatic carbocycles. The predicted molar refractivity (Wildman–Crippen MR) is 85.3 cm³/mol. The van der Waals surface area contributed by atoms with Crippen LogP contribution in [0.4, 0.5) is 5.69 Å². The van der Waals surface area contributed by atoms with Crippen LogP contribution >= 0.6 is 7.60 Å². The summed E-state index contributed by atoms with van der Waals surface area (Å²) in [7, 11) is -3.56. The molecule has 7 heteroatoms. The third-order valence-corrected chi connectivity index (χ3v) is 4.85. The average molecular weight is 327 g/mol. The summed E-state index contributed by atoms with van der Waals surface area (Å²) in [5.41, 5.74) is 2.45. The Morgan fingerprint density at radius 1 is 1.14 bits per heavy atom. The molecule has 1 N–H and O–H groups in total. The van der Waals surface area contributed by atoms with Crippen LogP contribution in [0.2, 0.25) is 0 Å². The van der Waals surface area contributed by atoms with E-state index in [1.165, 1.54) is 0 Å². The van der Waals surface area contributed by atoms with Gasteiger partial charge in [-0.3, -0.25) is 14.2 Å². The Balaban J connectivity index is 2.76. The third kappa shape index (κ3) is 5.37. The molecule has 0 bridgehead atoms. The number of carbonyl (C=O) groups excluding carboxylic acids is 2. The van der Waals surface area contributed by atoms with E-state index in [9.17, 15) is 14.2 Å². The van der Waals surface area contributed by atoms with Crippen LogP contribution in [-0.4, -0.2) is 31.1 Å². The van der Waals surface area contributed by atoms with E-state index in [-0.39, 0.29) is 13.2 Å². The van der Waals surface area contributed by atoms with Crippen LogP contribution in [-0.2, 0) is 23.2 Å². The average Bonchev–Trinajstić information content (AvgIpc) is 2.42. The molecular weight excluding hydrogens is 305 g/mol. The normalized spacial score (nSPS) is 11.3. The Labute approximate surface area is 130 Å². The predicted octanol–water partition coefficient (Wildman–Crippen LogP) is 3.08. The highest BCUT2D eigenvalue weighted by molar-refractivity contribution is 7.55. The molecule has 1 rings (SSSR count). The second-order valence-corrected chi connectivity index (χ2v) is 6.85. The van der Waals surface area contributed by atoms with Crippen molar-refractivity contribution in [3.8, 4) is 0 Å². The van der Waals surface area contributed by atoms with Gasteiger partial charge in [-0.05, 0) is 39.3 Å². The first kappa shape index (κ1) is 18.6. The van der Waals surface area contributed by atoms with Crippen molar-refractivity contribution in [2.45, 2.75) is 27.7 Å². The van der Waals surface area contributed by atoms with Gasteiger partial charge in [-0.15, -0.1) is 0 Å². The molecule has 0 aliphatic rings. The van der Waals surface area contributed by atoms with Crippen LogP contribution < -0.4 is 5.32 Å². The van der Waals surface area contributed by atoms with Crippen LogP contribution in [0.1, 0.15) is 25.0 Å². The highest BCUT2D eigenvalue weighted by atomic mass is 31.2. The number of Topliss-reactive ketones (excluding diaryl/α,β-unsaturated/α-hetero) is 1. The Morgan fingerprint density at radius 2 is 1.73 bits per heavy atom. The number of aryl methyl sites for hydroxylation is 2. The topological polar surface area (TPSA) is 81.7 Å². The van der Waals surface area contributed by atoms with Gasteiger partial charge in [-0.1, -0.05) is 17.7 Å². The first-order valence-electron chi connectivity index (χ1n) is 7.11. The fourth-order valence-corrected chi connectivity index (χ4v) is 3.45. The lowest BCUT2D eigenvalue weighted by Crippen LogP contribution is -2.26. The number of carbonyl (C=O) groups is 2. The Morgan fingerprint density at radius 3 is 2.23 bits per heavy atom. The van der Waals surface area contributed by atoms with Crippen LogP contribution in [0.3, 0.4) is 0 Å². The van der Waals surface area contributed by atoms with E-state index < -0.39 is 25.4 Å². The van der Waals surface area contributed by atoms with Crippen molar-refractivity contribution in [1.82, 2.24) is 0 Å². The molecule has 0 unspecified atom stereocenters. The first-order chi connectivity index (χ1) is 10.3. The van der Waals surface area contributed by atoms with E-state index in [4.69, 9.17) is 9.05 Å².